The predicted molar refractivity (Wildman–Crippen MR) is 76.7 cm³/mol. The lowest BCUT2D eigenvalue weighted by Crippen LogP contribution is -2.30. The van der Waals surface area contributed by atoms with E-state index in [0.29, 0.717) is 16.1 Å². The molecule has 0 unspecified atom stereocenters. The van der Waals surface area contributed by atoms with Crippen molar-refractivity contribution in [3.8, 4) is 11.8 Å². The maximum absolute atomic E-state index is 13.3. The number of benzene rings is 2. The first-order valence-corrected chi connectivity index (χ1v) is 6.35. The highest BCUT2D eigenvalue weighted by Gasteiger charge is 2.14. The quantitative estimate of drug-likeness (QED) is 0.842. The minimum Gasteiger partial charge on any atom is -0.489 e. The Balaban J connectivity index is 2.15. The van der Waals surface area contributed by atoms with Crippen LogP contribution in [0.3, 0.4) is 0 Å². The van der Waals surface area contributed by atoms with Crippen LogP contribution in [-0.4, -0.2) is 17.2 Å². The van der Waals surface area contributed by atoms with Crippen molar-refractivity contribution in [2.75, 3.05) is 0 Å². The highest BCUT2D eigenvalue weighted by atomic mass is 35.5. The third-order valence-electron chi connectivity index (χ3n) is 2.77. The molecule has 2 N–H and O–H groups in total. The summed E-state index contributed by atoms with van der Waals surface area (Å²) in [6, 6.07) is 10.2. The van der Waals surface area contributed by atoms with Crippen molar-refractivity contribution in [2.45, 2.75) is 6.61 Å². The van der Waals surface area contributed by atoms with E-state index in [2.05, 4.69) is 0 Å². The topological polar surface area (TPSA) is 73.5 Å². The molecule has 21 heavy (non-hydrogen) atoms. The van der Waals surface area contributed by atoms with Crippen molar-refractivity contribution >= 4 is 24.2 Å². The smallest absolute Gasteiger partial charge is 0.488 e. The molecule has 0 saturated carbocycles. The number of hydrogen-bond donors (Lipinski definition) is 2. The molecule has 0 bridgehead atoms. The lowest BCUT2D eigenvalue weighted by molar-refractivity contribution is 0.304. The summed E-state index contributed by atoms with van der Waals surface area (Å²) in [7, 11) is -1.78. The van der Waals surface area contributed by atoms with E-state index >= 15 is 0 Å². The molecule has 0 aliphatic carbocycles. The van der Waals surface area contributed by atoms with Crippen LogP contribution in [0.2, 0.25) is 5.02 Å². The molecule has 7 heteroatoms. The summed E-state index contributed by atoms with van der Waals surface area (Å²) >= 11 is 6.00. The van der Waals surface area contributed by atoms with Gasteiger partial charge >= 0.3 is 7.12 Å². The Morgan fingerprint density at radius 2 is 2.00 bits per heavy atom. The van der Waals surface area contributed by atoms with Crippen LogP contribution in [0.5, 0.6) is 5.75 Å². The molecule has 0 atom stereocenters. The molecule has 0 amide bonds. The Morgan fingerprint density at radius 1 is 1.24 bits per heavy atom. The van der Waals surface area contributed by atoms with Gasteiger partial charge in [-0.05, 0) is 29.7 Å². The summed E-state index contributed by atoms with van der Waals surface area (Å²) in [6.45, 7) is 0.0644. The highest BCUT2D eigenvalue weighted by Crippen LogP contribution is 2.20. The van der Waals surface area contributed by atoms with Crippen molar-refractivity contribution < 1.29 is 19.2 Å². The molecule has 0 aliphatic rings. The van der Waals surface area contributed by atoms with Crippen LogP contribution in [-0.2, 0) is 6.61 Å². The molecule has 0 saturated heterocycles. The average Bonchev–Trinajstić information content (AvgIpc) is 2.45. The van der Waals surface area contributed by atoms with E-state index in [9.17, 15) is 4.39 Å². The Hall–Kier alpha value is -2.07. The summed E-state index contributed by atoms with van der Waals surface area (Å²) in [6.07, 6.45) is 0. The Bertz CT molecular complexity index is 703. The molecule has 0 aromatic heterocycles. The van der Waals surface area contributed by atoms with E-state index in [4.69, 9.17) is 31.6 Å². The summed E-state index contributed by atoms with van der Waals surface area (Å²) in [5.41, 5.74) is 1.06. The van der Waals surface area contributed by atoms with Gasteiger partial charge in [0, 0.05) is 16.7 Å². The van der Waals surface area contributed by atoms with Gasteiger partial charge in [-0.15, -0.1) is 0 Å². The van der Waals surface area contributed by atoms with Gasteiger partial charge in [0.05, 0.1) is 11.6 Å². The van der Waals surface area contributed by atoms with Crippen LogP contribution in [0.15, 0.2) is 36.4 Å². The highest BCUT2D eigenvalue weighted by molar-refractivity contribution is 6.58. The zero-order valence-corrected chi connectivity index (χ0v) is 11.5. The van der Waals surface area contributed by atoms with Crippen molar-refractivity contribution in [1.82, 2.24) is 0 Å². The molecule has 0 heterocycles. The van der Waals surface area contributed by atoms with E-state index in [-0.39, 0.29) is 17.8 Å². The zero-order chi connectivity index (χ0) is 15.4. The van der Waals surface area contributed by atoms with Crippen molar-refractivity contribution in [3.63, 3.8) is 0 Å². The number of halogens is 2. The third-order valence-corrected chi connectivity index (χ3v) is 3.12. The zero-order valence-electron chi connectivity index (χ0n) is 10.8. The maximum atomic E-state index is 13.3. The summed E-state index contributed by atoms with van der Waals surface area (Å²) in [4.78, 5) is 0. The second-order valence-electron chi connectivity index (χ2n) is 4.30. The van der Waals surface area contributed by atoms with Crippen LogP contribution >= 0.6 is 11.6 Å². The molecule has 2 aromatic carbocycles. The van der Waals surface area contributed by atoms with Gasteiger partial charge in [0.1, 0.15) is 18.2 Å². The SMILES string of the molecule is N#Cc1ccc(COc2cc(F)cc(B(O)O)c2)c(Cl)c1. The molecule has 0 spiro atoms. The van der Waals surface area contributed by atoms with Gasteiger partial charge in [-0.3, -0.25) is 0 Å². The first-order valence-electron chi connectivity index (χ1n) is 5.97. The van der Waals surface area contributed by atoms with Gasteiger partial charge in [0.15, 0.2) is 0 Å². The molecule has 106 valence electrons. The summed E-state index contributed by atoms with van der Waals surface area (Å²) in [5, 5.41) is 27.2. The van der Waals surface area contributed by atoms with Gasteiger partial charge < -0.3 is 14.8 Å². The van der Waals surface area contributed by atoms with Crippen LogP contribution in [0.25, 0.3) is 0 Å². The van der Waals surface area contributed by atoms with E-state index in [1.54, 1.807) is 12.1 Å². The third kappa shape index (κ3) is 3.95. The minimum absolute atomic E-state index is 0.00377. The fourth-order valence-electron chi connectivity index (χ4n) is 1.71. The number of ether oxygens (including phenoxy) is 1. The number of hydrogen-bond acceptors (Lipinski definition) is 4. The molecule has 2 rings (SSSR count). The van der Waals surface area contributed by atoms with Crippen molar-refractivity contribution in [1.29, 1.82) is 5.26 Å². The predicted octanol–water partition coefficient (Wildman–Crippen LogP) is 1.61. The lowest BCUT2D eigenvalue weighted by atomic mass is 9.80. The molecule has 0 radical (unpaired) electrons. The molecule has 0 fully saturated rings. The Kier molecular flexibility index (Phi) is 4.81. The van der Waals surface area contributed by atoms with E-state index in [1.807, 2.05) is 6.07 Å². The standard InChI is InChI=1S/C14H10BClFNO3/c16-14-3-9(7-18)1-2-10(14)8-21-13-5-11(15(19)20)4-12(17)6-13/h1-6,19-20H,8H2. The lowest BCUT2D eigenvalue weighted by Gasteiger charge is -2.10. The van der Waals surface area contributed by atoms with Crippen molar-refractivity contribution in [2.24, 2.45) is 0 Å². The van der Waals surface area contributed by atoms with Crippen LogP contribution in [0, 0.1) is 17.1 Å². The van der Waals surface area contributed by atoms with Gasteiger partial charge in [-0.1, -0.05) is 17.7 Å². The normalized spacial score (nSPS) is 10.0. The average molecular weight is 306 g/mol. The molecule has 2 aromatic rings. The van der Waals surface area contributed by atoms with E-state index in [0.717, 1.165) is 12.1 Å². The number of nitriles is 1. The molecular formula is C14H10BClFNO3. The minimum atomic E-state index is -1.78. The second kappa shape index (κ2) is 6.59. The largest absolute Gasteiger partial charge is 0.489 e. The molecule has 0 aliphatic heterocycles. The number of nitrogens with zero attached hydrogens (tertiary/aromatic N) is 1. The monoisotopic (exact) mass is 305 g/mol. The summed E-state index contributed by atoms with van der Waals surface area (Å²) < 4.78 is 18.7. The fraction of sp³-hybridized carbons (Fsp3) is 0.0714. The van der Waals surface area contributed by atoms with Crippen LogP contribution < -0.4 is 10.2 Å². The van der Waals surface area contributed by atoms with E-state index < -0.39 is 12.9 Å². The molecular weight excluding hydrogens is 295 g/mol. The van der Waals surface area contributed by atoms with Crippen LogP contribution in [0.4, 0.5) is 4.39 Å². The van der Waals surface area contributed by atoms with Gasteiger partial charge in [-0.2, -0.15) is 5.26 Å². The summed E-state index contributed by atoms with van der Waals surface area (Å²) in [5.74, 6) is -0.486. The maximum Gasteiger partial charge on any atom is 0.488 e. The van der Waals surface area contributed by atoms with Crippen LogP contribution in [0.1, 0.15) is 11.1 Å². The van der Waals surface area contributed by atoms with Crippen molar-refractivity contribution in [3.05, 3.63) is 58.4 Å². The Morgan fingerprint density at radius 3 is 2.62 bits per heavy atom. The first-order chi connectivity index (χ1) is 9.99. The van der Waals surface area contributed by atoms with Gasteiger partial charge in [-0.25, -0.2) is 4.39 Å². The number of rotatable bonds is 4. The Labute approximate surface area is 126 Å². The molecule has 4 nitrogen and oxygen atoms in total. The second-order valence-corrected chi connectivity index (χ2v) is 4.71. The first kappa shape index (κ1) is 15.3. The van der Waals surface area contributed by atoms with Gasteiger partial charge in [0.25, 0.3) is 0 Å². The van der Waals surface area contributed by atoms with E-state index in [1.165, 1.54) is 12.1 Å². The van der Waals surface area contributed by atoms with Gasteiger partial charge in [0.2, 0.25) is 0 Å². The fourth-order valence-corrected chi connectivity index (χ4v) is 1.95.